The number of hydrogen-bond acceptors (Lipinski definition) is 4. The molecule has 1 aliphatic heterocycles. The Morgan fingerprint density at radius 2 is 2.13 bits per heavy atom. The molecule has 0 radical (unpaired) electrons. The molecule has 0 saturated carbocycles. The fraction of sp³-hybridized carbons (Fsp3) is 0.222. The highest BCUT2D eigenvalue weighted by Gasteiger charge is 2.23. The van der Waals surface area contributed by atoms with Gasteiger partial charge in [-0.25, -0.2) is 0 Å². The van der Waals surface area contributed by atoms with Gasteiger partial charge in [-0.1, -0.05) is 0 Å². The van der Waals surface area contributed by atoms with Gasteiger partial charge in [0, 0.05) is 13.1 Å². The van der Waals surface area contributed by atoms with Crippen molar-refractivity contribution >= 4 is 22.0 Å². The highest BCUT2D eigenvalue weighted by Crippen LogP contribution is 2.31. The first-order valence-electron chi connectivity index (χ1n) is 4.26. The predicted octanol–water partition coefficient (Wildman–Crippen LogP) is 0.862. The molecule has 0 atom stereocenters. The Bertz CT molecular complexity index is 522. The quantitative estimate of drug-likeness (QED) is 0.712. The molecule has 80 valence electrons. The van der Waals surface area contributed by atoms with Crippen molar-refractivity contribution in [2.75, 3.05) is 19.1 Å². The van der Waals surface area contributed by atoms with E-state index in [4.69, 9.17) is 4.74 Å². The summed E-state index contributed by atoms with van der Waals surface area (Å²) in [6, 6.07) is 4.87. The van der Waals surface area contributed by atoms with Gasteiger partial charge in [-0.2, -0.15) is 8.42 Å². The van der Waals surface area contributed by atoms with Gasteiger partial charge in [-0.3, -0.25) is 0 Å². The number of ether oxygens (including phenoxy) is 1. The highest BCUT2D eigenvalue weighted by atomic mass is 32.2. The van der Waals surface area contributed by atoms with Crippen LogP contribution in [0.1, 0.15) is 0 Å². The van der Waals surface area contributed by atoms with Gasteiger partial charge in [-0.05, 0) is 12.1 Å². The van der Waals surface area contributed by atoms with Crippen LogP contribution in [0.3, 0.4) is 0 Å². The third kappa shape index (κ3) is 1.56. The van der Waals surface area contributed by atoms with Crippen molar-refractivity contribution in [3.05, 3.63) is 18.2 Å². The van der Waals surface area contributed by atoms with E-state index in [9.17, 15) is 8.42 Å². The van der Waals surface area contributed by atoms with Crippen LogP contribution in [0.25, 0.3) is 0 Å². The van der Waals surface area contributed by atoms with Crippen LogP contribution < -0.4 is 9.64 Å². The minimum absolute atomic E-state index is 0.173. The Labute approximate surface area is 88.0 Å². The molecule has 1 aliphatic rings. The summed E-state index contributed by atoms with van der Waals surface area (Å²) in [7, 11) is -0.330. The lowest BCUT2D eigenvalue weighted by molar-refractivity contribution is 0.413. The van der Waals surface area contributed by atoms with Crippen molar-refractivity contribution in [3.63, 3.8) is 0 Å². The zero-order chi connectivity index (χ0) is 11.1. The molecule has 5 nitrogen and oxygen atoms in total. The Balaban J connectivity index is 2.69. The molecule has 0 N–H and O–H groups in total. The molecule has 0 fully saturated rings. The second-order valence-electron chi connectivity index (χ2n) is 3.14. The number of fused-ring (bicyclic) bond motifs is 1. The largest absolute Gasteiger partial charge is 0.497 e. The molecule has 0 aromatic heterocycles. The average Bonchev–Trinajstić information content (AvgIpc) is 2.24. The summed E-state index contributed by atoms with van der Waals surface area (Å²) < 4.78 is 31.7. The smallest absolute Gasteiger partial charge is 0.285 e. The Morgan fingerprint density at radius 1 is 1.40 bits per heavy atom. The molecule has 2 rings (SSSR count). The number of methoxy groups -OCH3 is 1. The summed E-state index contributed by atoms with van der Waals surface area (Å²) in [5, 5.41) is 0. The van der Waals surface area contributed by atoms with E-state index in [-0.39, 0.29) is 4.90 Å². The maximum absolute atomic E-state index is 11.6. The Morgan fingerprint density at radius 3 is 2.80 bits per heavy atom. The van der Waals surface area contributed by atoms with E-state index in [0.29, 0.717) is 11.4 Å². The lowest BCUT2D eigenvalue weighted by Crippen LogP contribution is -2.22. The van der Waals surface area contributed by atoms with Crippen molar-refractivity contribution in [1.29, 1.82) is 0 Å². The maximum Gasteiger partial charge on any atom is 0.285 e. The molecule has 0 aliphatic carbocycles. The van der Waals surface area contributed by atoms with Gasteiger partial charge >= 0.3 is 0 Å². The van der Waals surface area contributed by atoms with E-state index in [1.165, 1.54) is 19.5 Å². The number of rotatable bonds is 1. The molecular weight excluding hydrogens is 216 g/mol. The summed E-state index contributed by atoms with van der Waals surface area (Å²) in [6.07, 6.45) is 1.28. The maximum atomic E-state index is 11.6. The summed E-state index contributed by atoms with van der Waals surface area (Å²) in [6.45, 7) is 0. The van der Waals surface area contributed by atoms with Gasteiger partial charge in [0.25, 0.3) is 10.0 Å². The molecule has 1 aromatic rings. The molecule has 0 saturated heterocycles. The lowest BCUT2D eigenvalue weighted by Gasteiger charge is -2.20. The van der Waals surface area contributed by atoms with Crippen LogP contribution in [-0.4, -0.2) is 28.9 Å². The van der Waals surface area contributed by atoms with Gasteiger partial charge in [0.1, 0.15) is 17.0 Å². The predicted molar refractivity (Wildman–Crippen MR) is 57.1 cm³/mol. The molecule has 0 bridgehead atoms. The first-order valence-corrected chi connectivity index (χ1v) is 5.70. The SMILES string of the molecule is COc1ccc2c(c1)S(=O)(=O)N=CN2C. The normalized spacial score (nSPS) is 17.3. The van der Waals surface area contributed by atoms with Crippen molar-refractivity contribution in [2.24, 2.45) is 4.40 Å². The van der Waals surface area contributed by atoms with E-state index in [1.807, 2.05) is 0 Å². The number of benzene rings is 1. The van der Waals surface area contributed by atoms with Crippen molar-refractivity contribution in [1.82, 2.24) is 0 Å². The number of sulfonamides is 1. The standard InChI is InChI=1S/C9H10N2O3S/c1-11-6-10-15(12,13)9-5-7(14-2)3-4-8(9)11/h3-6H,1-2H3. The van der Waals surface area contributed by atoms with E-state index < -0.39 is 10.0 Å². The third-order valence-corrected chi connectivity index (χ3v) is 3.44. The number of nitrogens with zero attached hydrogens (tertiary/aromatic N) is 2. The summed E-state index contributed by atoms with van der Waals surface area (Å²) in [4.78, 5) is 1.82. The van der Waals surface area contributed by atoms with Gasteiger partial charge < -0.3 is 9.64 Å². The molecule has 0 unspecified atom stereocenters. The third-order valence-electron chi connectivity index (χ3n) is 2.18. The van der Waals surface area contributed by atoms with E-state index in [1.54, 1.807) is 24.1 Å². The highest BCUT2D eigenvalue weighted by molar-refractivity contribution is 7.90. The first-order chi connectivity index (χ1) is 7.04. The molecule has 1 heterocycles. The topological polar surface area (TPSA) is 59.0 Å². The molecular formula is C9H10N2O3S. The van der Waals surface area contributed by atoms with Gasteiger partial charge in [0.05, 0.1) is 12.8 Å². The Hall–Kier alpha value is -1.56. The molecule has 1 aromatic carbocycles. The van der Waals surface area contributed by atoms with Crippen molar-refractivity contribution in [2.45, 2.75) is 4.90 Å². The van der Waals surface area contributed by atoms with E-state index in [2.05, 4.69) is 4.40 Å². The zero-order valence-electron chi connectivity index (χ0n) is 8.34. The molecule has 0 spiro atoms. The van der Waals surface area contributed by atoms with Crippen LogP contribution in [0, 0.1) is 0 Å². The van der Waals surface area contributed by atoms with Gasteiger partial charge in [0.2, 0.25) is 0 Å². The van der Waals surface area contributed by atoms with Crippen LogP contribution in [0.15, 0.2) is 27.5 Å². The fourth-order valence-electron chi connectivity index (χ4n) is 1.37. The first kappa shape index (κ1) is 9.97. The molecule has 0 amide bonds. The second kappa shape index (κ2) is 3.23. The van der Waals surface area contributed by atoms with E-state index in [0.717, 1.165) is 0 Å². The average molecular weight is 226 g/mol. The summed E-state index contributed by atoms with van der Waals surface area (Å²) >= 11 is 0. The van der Waals surface area contributed by atoms with Gasteiger partial charge in [0.15, 0.2) is 0 Å². The summed E-state index contributed by atoms with van der Waals surface area (Å²) in [5.74, 6) is 0.503. The fourth-order valence-corrected chi connectivity index (χ4v) is 2.49. The van der Waals surface area contributed by atoms with E-state index >= 15 is 0 Å². The van der Waals surface area contributed by atoms with Crippen LogP contribution in [0.5, 0.6) is 5.75 Å². The Kier molecular flexibility index (Phi) is 2.15. The second-order valence-corrected chi connectivity index (χ2v) is 4.74. The van der Waals surface area contributed by atoms with Crippen molar-refractivity contribution in [3.8, 4) is 5.75 Å². The monoisotopic (exact) mass is 226 g/mol. The van der Waals surface area contributed by atoms with Crippen molar-refractivity contribution < 1.29 is 13.2 Å². The zero-order valence-corrected chi connectivity index (χ0v) is 9.15. The minimum Gasteiger partial charge on any atom is -0.497 e. The van der Waals surface area contributed by atoms with Crippen LogP contribution >= 0.6 is 0 Å². The molecule has 15 heavy (non-hydrogen) atoms. The van der Waals surface area contributed by atoms with Crippen LogP contribution in [0.4, 0.5) is 5.69 Å². The number of anilines is 1. The van der Waals surface area contributed by atoms with Crippen LogP contribution in [0.2, 0.25) is 0 Å². The lowest BCUT2D eigenvalue weighted by atomic mass is 10.3. The summed E-state index contributed by atoms with van der Waals surface area (Å²) in [5.41, 5.74) is 0.603. The minimum atomic E-state index is -3.56. The molecule has 6 heteroatoms. The van der Waals surface area contributed by atoms with Crippen LogP contribution in [-0.2, 0) is 10.0 Å². The number of hydrogen-bond donors (Lipinski definition) is 0. The van der Waals surface area contributed by atoms with Gasteiger partial charge in [-0.15, -0.1) is 4.40 Å².